The predicted octanol–water partition coefficient (Wildman–Crippen LogP) is 1.86. The molecule has 0 aromatic heterocycles. The number of allylic oxidation sites excluding steroid dienone is 1. The summed E-state index contributed by atoms with van der Waals surface area (Å²) >= 11 is -0.565. The molecule has 35 valence electrons. The van der Waals surface area contributed by atoms with E-state index in [9.17, 15) is 0 Å². The summed E-state index contributed by atoms with van der Waals surface area (Å²) in [6, 6.07) is 0. The third-order valence-corrected chi connectivity index (χ3v) is 2.60. The Kier molecular flexibility index (Phi) is 3.64. The molecule has 0 bridgehead atoms. The molecule has 0 amide bonds. The number of rotatable bonds is 1. The van der Waals surface area contributed by atoms with Crippen LogP contribution in [-0.4, -0.2) is 14.3 Å². The topological polar surface area (TPSA) is 0 Å². The molecule has 0 saturated carbocycles. The molecule has 1 radical (unpaired) electrons. The van der Waals surface area contributed by atoms with E-state index in [0.717, 1.165) is 0 Å². The first-order chi connectivity index (χ1) is 2.77. The molecular formula is C5H11Ge. The van der Waals surface area contributed by atoms with E-state index in [1.807, 2.05) is 0 Å². The summed E-state index contributed by atoms with van der Waals surface area (Å²) in [6.45, 7) is 2.08. The molecule has 0 aliphatic heterocycles. The van der Waals surface area contributed by atoms with Crippen LogP contribution in [0.5, 0.6) is 0 Å². The van der Waals surface area contributed by atoms with Gasteiger partial charge in [-0.2, -0.15) is 0 Å². The molecular weight excluding hydrogens is 133 g/mol. The van der Waals surface area contributed by atoms with Crippen LogP contribution >= 0.6 is 0 Å². The van der Waals surface area contributed by atoms with Gasteiger partial charge in [0.15, 0.2) is 0 Å². The summed E-state index contributed by atoms with van der Waals surface area (Å²) in [4.78, 5) is 2.33. The Hall–Kier alpha value is 0.283. The van der Waals surface area contributed by atoms with Gasteiger partial charge < -0.3 is 0 Å². The van der Waals surface area contributed by atoms with Gasteiger partial charge in [-0.15, -0.1) is 0 Å². The van der Waals surface area contributed by atoms with Gasteiger partial charge >= 0.3 is 43.8 Å². The van der Waals surface area contributed by atoms with Crippen molar-refractivity contribution in [3.05, 3.63) is 11.0 Å². The van der Waals surface area contributed by atoms with Crippen molar-refractivity contribution < 1.29 is 0 Å². The molecule has 0 saturated heterocycles. The molecule has 0 rings (SSSR count). The monoisotopic (exact) mass is 145 g/mol. The van der Waals surface area contributed by atoms with Crippen molar-refractivity contribution in [3.63, 3.8) is 0 Å². The van der Waals surface area contributed by atoms with Gasteiger partial charge in [0, 0.05) is 0 Å². The van der Waals surface area contributed by atoms with Gasteiger partial charge in [-0.25, -0.2) is 0 Å². The molecule has 0 nitrogen and oxygen atoms in total. The third-order valence-electron chi connectivity index (χ3n) is 0.500. The summed E-state index contributed by atoms with van der Waals surface area (Å²) < 4.78 is 0. The van der Waals surface area contributed by atoms with Crippen LogP contribution < -0.4 is 0 Å². The van der Waals surface area contributed by atoms with E-state index in [2.05, 4.69) is 29.4 Å². The molecule has 0 aliphatic carbocycles. The fourth-order valence-corrected chi connectivity index (χ4v) is 1.73. The minimum atomic E-state index is -0.565. The first kappa shape index (κ1) is 6.28. The second-order valence-corrected chi connectivity index (χ2v) is 6.80. The van der Waals surface area contributed by atoms with Crippen LogP contribution in [0.3, 0.4) is 0 Å². The summed E-state index contributed by atoms with van der Waals surface area (Å²) in [5, 5.41) is 0. The van der Waals surface area contributed by atoms with Crippen molar-refractivity contribution in [2.75, 3.05) is 0 Å². The molecule has 0 atom stereocenters. The molecule has 0 unspecified atom stereocenters. The Morgan fingerprint density at radius 1 is 1.33 bits per heavy atom. The van der Waals surface area contributed by atoms with E-state index in [4.69, 9.17) is 0 Å². The average Bonchev–Trinajstić information content (AvgIpc) is 1.35. The van der Waals surface area contributed by atoms with Crippen molar-refractivity contribution in [1.82, 2.24) is 0 Å². The van der Waals surface area contributed by atoms with Crippen LogP contribution in [0.2, 0.25) is 11.5 Å². The Balaban J connectivity index is 3.03. The summed E-state index contributed by atoms with van der Waals surface area (Å²) in [7, 11) is 0. The zero-order valence-corrected chi connectivity index (χ0v) is 6.75. The van der Waals surface area contributed by atoms with Crippen LogP contribution in [0.25, 0.3) is 0 Å². The molecule has 0 heterocycles. The fourth-order valence-electron chi connectivity index (χ4n) is 0.333. The van der Waals surface area contributed by atoms with E-state index in [0.29, 0.717) is 0 Å². The van der Waals surface area contributed by atoms with Crippen LogP contribution in [0, 0.1) is 0 Å². The van der Waals surface area contributed by atoms with Gasteiger partial charge in [0.2, 0.25) is 0 Å². The van der Waals surface area contributed by atoms with Crippen LogP contribution in [0.15, 0.2) is 11.0 Å². The van der Waals surface area contributed by atoms with Crippen LogP contribution in [-0.2, 0) is 0 Å². The summed E-state index contributed by atoms with van der Waals surface area (Å²) in [6.07, 6.45) is 2.15. The average molecular weight is 144 g/mol. The van der Waals surface area contributed by atoms with E-state index in [1.54, 1.807) is 0 Å². The maximum atomic E-state index is 2.33. The van der Waals surface area contributed by atoms with Crippen molar-refractivity contribution in [1.29, 1.82) is 0 Å². The van der Waals surface area contributed by atoms with Crippen LogP contribution in [0.4, 0.5) is 0 Å². The van der Waals surface area contributed by atoms with Gasteiger partial charge in [0.05, 0.1) is 0 Å². The van der Waals surface area contributed by atoms with Crippen molar-refractivity contribution in [2.24, 2.45) is 0 Å². The number of hydrogen-bond donors (Lipinski definition) is 0. The maximum absolute atomic E-state index is 2.33. The molecule has 0 aromatic carbocycles. The number of hydrogen-bond acceptors (Lipinski definition) is 0. The van der Waals surface area contributed by atoms with Gasteiger partial charge in [0.1, 0.15) is 0 Å². The van der Waals surface area contributed by atoms with E-state index in [-0.39, 0.29) is 0 Å². The molecule has 0 aromatic rings. The first-order valence-electron chi connectivity index (χ1n) is 2.20. The Labute approximate surface area is 44.4 Å². The Morgan fingerprint density at radius 2 is 1.83 bits per heavy atom. The van der Waals surface area contributed by atoms with Gasteiger partial charge in [-0.3, -0.25) is 0 Å². The molecule has 1 heteroatoms. The standard InChI is InChI=1S/C5H11Ge/c1-4-5-6(2)3/h4-5H,1-3H3. The van der Waals surface area contributed by atoms with E-state index < -0.39 is 14.3 Å². The van der Waals surface area contributed by atoms with E-state index >= 15 is 0 Å². The van der Waals surface area contributed by atoms with Crippen molar-refractivity contribution in [3.8, 4) is 0 Å². The van der Waals surface area contributed by atoms with Gasteiger partial charge in [0.25, 0.3) is 0 Å². The second-order valence-electron chi connectivity index (χ2n) is 1.58. The minimum absolute atomic E-state index is 0.565. The van der Waals surface area contributed by atoms with Gasteiger partial charge in [-0.1, -0.05) is 0 Å². The van der Waals surface area contributed by atoms with Crippen molar-refractivity contribution in [2.45, 2.75) is 18.4 Å². The summed E-state index contributed by atoms with van der Waals surface area (Å²) in [5.41, 5.74) is 0. The normalized spacial score (nSPS) is 11.3. The zero-order chi connectivity index (χ0) is 4.99. The Morgan fingerprint density at radius 3 is 1.83 bits per heavy atom. The summed E-state index contributed by atoms with van der Waals surface area (Å²) in [5.74, 6) is 4.67. The fraction of sp³-hybridized carbons (Fsp3) is 0.600. The molecule has 6 heavy (non-hydrogen) atoms. The van der Waals surface area contributed by atoms with Crippen LogP contribution in [0.1, 0.15) is 6.92 Å². The Bertz CT molecular complexity index is 45.9. The third kappa shape index (κ3) is 4.28. The molecule has 0 aliphatic rings. The van der Waals surface area contributed by atoms with Gasteiger partial charge in [-0.05, 0) is 0 Å². The molecule has 0 N–H and O–H groups in total. The SMILES string of the molecule is CC=[CH][Ge]([CH3])[CH3]. The molecule has 0 fully saturated rings. The first-order valence-corrected chi connectivity index (χ1v) is 7.61. The molecule has 0 spiro atoms. The predicted molar refractivity (Wildman–Crippen MR) is 32.3 cm³/mol. The second kappa shape index (κ2) is 3.47. The zero-order valence-electron chi connectivity index (χ0n) is 4.65. The van der Waals surface area contributed by atoms with E-state index in [1.165, 1.54) is 0 Å². The quantitative estimate of drug-likeness (QED) is 0.492. The van der Waals surface area contributed by atoms with Crippen molar-refractivity contribution >= 4 is 14.3 Å².